The number of rotatable bonds is 14. The number of aromatic amines is 1. The highest BCUT2D eigenvalue weighted by Gasteiger charge is 2.31. The van der Waals surface area contributed by atoms with Crippen LogP contribution >= 0.6 is 0 Å². The van der Waals surface area contributed by atoms with Crippen LogP contribution < -0.4 is 15.4 Å². The van der Waals surface area contributed by atoms with E-state index >= 15 is 0 Å². The number of hydrogen-bond acceptors (Lipinski definition) is 7. The second-order valence-corrected chi connectivity index (χ2v) is 9.48. The van der Waals surface area contributed by atoms with Gasteiger partial charge in [0.05, 0.1) is 12.0 Å². The molecule has 1 heterocycles. The molecule has 0 unspecified atom stereocenters. The van der Waals surface area contributed by atoms with E-state index in [9.17, 15) is 29.4 Å². The fourth-order valence-corrected chi connectivity index (χ4v) is 3.88. The maximum absolute atomic E-state index is 13.0. The summed E-state index contributed by atoms with van der Waals surface area (Å²) < 4.78 is 10.8. The Morgan fingerprint density at radius 1 is 0.925 bits per heavy atom. The molecule has 40 heavy (non-hydrogen) atoms. The number of benzene rings is 2. The summed E-state index contributed by atoms with van der Waals surface area (Å²) in [5.74, 6) is -3.04. The quantitative estimate of drug-likeness (QED) is 0.204. The number of aromatic nitrogens is 1. The number of carboxylic acids is 1. The van der Waals surface area contributed by atoms with Crippen LogP contribution in [0.15, 0.2) is 66.9 Å². The molecule has 11 heteroatoms. The van der Waals surface area contributed by atoms with Gasteiger partial charge in [0, 0.05) is 12.6 Å². The molecule has 0 fully saturated rings. The summed E-state index contributed by atoms with van der Waals surface area (Å²) in [6.07, 6.45) is 0.204. The zero-order valence-corrected chi connectivity index (χ0v) is 22.3. The van der Waals surface area contributed by atoms with Gasteiger partial charge in [0.2, 0.25) is 5.91 Å². The topological polar surface area (TPSA) is 167 Å². The first-order valence-electron chi connectivity index (χ1n) is 12.7. The van der Waals surface area contributed by atoms with Gasteiger partial charge in [0.15, 0.2) is 11.7 Å². The van der Waals surface area contributed by atoms with E-state index in [1.807, 2.05) is 36.4 Å². The number of hydrogen-bond donors (Lipinski definition) is 5. The van der Waals surface area contributed by atoms with Crippen LogP contribution in [0.25, 0.3) is 0 Å². The molecular weight excluding hydrogens is 518 g/mol. The molecule has 212 valence electrons. The predicted octanol–water partition coefficient (Wildman–Crippen LogP) is 3.17. The number of aromatic hydroxyl groups is 1. The molecule has 0 saturated carbocycles. The number of H-pyrrole nitrogens is 1. The molecule has 0 aliphatic carbocycles. The molecule has 1 aromatic heterocycles. The van der Waals surface area contributed by atoms with Crippen molar-refractivity contribution in [1.82, 2.24) is 15.6 Å². The first-order valence-corrected chi connectivity index (χ1v) is 12.7. The van der Waals surface area contributed by atoms with Gasteiger partial charge >= 0.3 is 12.1 Å². The molecule has 0 bridgehead atoms. The van der Waals surface area contributed by atoms with Crippen molar-refractivity contribution in [3.8, 4) is 11.6 Å². The van der Waals surface area contributed by atoms with Gasteiger partial charge in [-0.05, 0) is 17.0 Å². The zero-order valence-electron chi connectivity index (χ0n) is 22.3. The maximum atomic E-state index is 13.0. The largest absolute Gasteiger partial charge is 0.494 e. The average molecular weight is 552 g/mol. The van der Waals surface area contributed by atoms with Gasteiger partial charge in [0.1, 0.15) is 31.0 Å². The molecule has 3 rings (SSSR count). The van der Waals surface area contributed by atoms with Gasteiger partial charge in [-0.15, -0.1) is 0 Å². The second kappa shape index (κ2) is 14.4. The lowest BCUT2D eigenvalue weighted by molar-refractivity contribution is -0.140. The number of ether oxygens (including phenoxy) is 2. The Morgan fingerprint density at radius 2 is 1.55 bits per heavy atom. The van der Waals surface area contributed by atoms with Gasteiger partial charge in [-0.2, -0.15) is 0 Å². The van der Waals surface area contributed by atoms with E-state index in [4.69, 9.17) is 9.47 Å². The highest BCUT2D eigenvalue weighted by molar-refractivity contribution is 5.95. The molecule has 11 nitrogen and oxygen atoms in total. The molecular formula is C29H33N3O8. The Labute approximate surface area is 231 Å². The zero-order chi connectivity index (χ0) is 29.1. The van der Waals surface area contributed by atoms with E-state index in [2.05, 4.69) is 15.6 Å². The lowest BCUT2D eigenvalue weighted by Crippen LogP contribution is -2.54. The minimum Gasteiger partial charge on any atom is -0.494 e. The average Bonchev–Trinajstić information content (AvgIpc) is 3.28. The lowest BCUT2D eigenvalue weighted by Gasteiger charge is -2.24. The first-order chi connectivity index (χ1) is 19.1. The van der Waals surface area contributed by atoms with Crippen LogP contribution in [0, 0.1) is 5.92 Å². The van der Waals surface area contributed by atoms with Gasteiger partial charge in [0.25, 0.3) is 0 Å². The number of carbonyl (C=O) groups excluding carboxylic acids is 3. The van der Waals surface area contributed by atoms with Crippen LogP contribution in [0.1, 0.15) is 37.0 Å². The van der Waals surface area contributed by atoms with E-state index in [1.165, 1.54) is 6.20 Å². The second-order valence-electron chi connectivity index (χ2n) is 9.48. The van der Waals surface area contributed by atoms with Crippen LogP contribution in [0.2, 0.25) is 0 Å². The highest BCUT2D eigenvalue weighted by atomic mass is 16.5. The number of carboxylic acid groups (broad SMARTS) is 1. The van der Waals surface area contributed by atoms with Gasteiger partial charge in [-0.1, -0.05) is 74.5 Å². The maximum Gasteiger partial charge on any atom is 0.408 e. The van der Waals surface area contributed by atoms with Crippen LogP contribution in [0.4, 0.5) is 4.79 Å². The van der Waals surface area contributed by atoms with Crippen LogP contribution in [-0.4, -0.2) is 57.6 Å². The van der Waals surface area contributed by atoms with Crippen molar-refractivity contribution < 1.29 is 38.9 Å². The molecule has 2 atom stereocenters. The molecule has 2 amide bonds. The summed E-state index contributed by atoms with van der Waals surface area (Å²) in [6.45, 7) is 2.81. The van der Waals surface area contributed by atoms with E-state index in [-0.39, 0.29) is 18.2 Å². The van der Waals surface area contributed by atoms with Crippen LogP contribution in [-0.2, 0) is 32.1 Å². The summed E-state index contributed by atoms with van der Waals surface area (Å²) in [5, 5.41) is 24.4. The molecule has 0 radical (unpaired) electrons. The number of amides is 2. The van der Waals surface area contributed by atoms with Crippen molar-refractivity contribution in [3.05, 3.63) is 83.6 Å². The van der Waals surface area contributed by atoms with Crippen molar-refractivity contribution in [2.24, 2.45) is 5.92 Å². The summed E-state index contributed by atoms with van der Waals surface area (Å²) in [4.78, 5) is 52.4. The third-order valence-electron chi connectivity index (χ3n) is 6.04. The Bertz CT molecular complexity index is 1290. The van der Waals surface area contributed by atoms with Crippen molar-refractivity contribution >= 4 is 23.8 Å². The first kappa shape index (κ1) is 29.8. The minimum absolute atomic E-state index is 0.00244. The highest BCUT2D eigenvalue weighted by Crippen LogP contribution is 2.29. The molecule has 2 aromatic carbocycles. The molecule has 0 saturated heterocycles. The number of nitrogens with one attached hydrogen (secondary N) is 3. The molecule has 0 aliphatic heterocycles. The van der Waals surface area contributed by atoms with Crippen LogP contribution in [0.3, 0.4) is 0 Å². The smallest absolute Gasteiger partial charge is 0.408 e. The molecule has 5 N–H and O–H groups in total. The fourth-order valence-electron chi connectivity index (χ4n) is 3.88. The summed E-state index contributed by atoms with van der Waals surface area (Å²) in [7, 11) is 0. The van der Waals surface area contributed by atoms with Crippen molar-refractivity contribution in [2.75, 3.05) is 6.61 Å². The van der Waals surface area contributed by atoms with Crippen molar-refractivity contribution in [2.45, 2.75) is 45.4 Å². The van der Waals surface area contributed by atoms with Crippen molar-refractivity contribution in [1.29, 1.82) is 0 Å². The number of ketones is 1. The SMILES string of the molecule is CC(C)[C@H](NC(=O)OCc1ccccc1)C(=O)N[C@@H](CC(=O)O)C(=O)COc1c[nH]c(O)c1Cc1ccccc1. The summed E-state index contributed by atoms with van der Waals surface area (Å²) in [5.41, 5.74) is 2.09. The Balaban J connectivity index is 1.62. The third-order valence-corrected chi connectivity index (χ3v) is 6.04. The monoisotopic (exact) mass is 551 g/mol. The molecule has 0 aliphatic rings. The Hall–Kier alpha value is -4.80. The number of Topliss-reactive ketones (excluding diaryl/α,β-unsaturated/α-hetero) is 1. The van der Waals surface area contributed by atoms with Gasteiger partial charge in [-0.3, -0.25) is 14.4 Å². The normalized spacial score (nSPS) is 12.3. The van der Waals surface area contributed by atoms with Gasteiger partial charge < -0.3 is 35.3 Å². The number of aliphatic carboxylic acids is 1. The number of alkyl carbamates (subject to hydrolysis) is 1. The van der Waals surface area contributed by atoms with E-state index in [0.29, 0.717) is 12.0 Å². The van der Waals surface area contributed by atoms with Gasteiger partial charge in [-0.25, -0.2) is 4.79 Å². The Morgan fingerprint density at radius 3 is 2.15 bits per heavy atom. The minimum atomic E-state index is -1.42. The Kier molecular flexibility index (Phi) is 10.7. The summed E-state index contributed by atoms with van der Waals surface area (Å²) >= 11 is 0. The van der Waals surface area contributed by atoms with E-state index in [0.717, 1.165) is 11.1 Å². The van der Waals surface area contributed by atoms with E-state index in [1.54, 1.807) is 38.1 Å². The number of carbonyl (C=O) groups is 4. The fraction of sp³-hybridized carbons (Fsp3) is 0.310. The third kappa shape index (κ3) is 8.90. The molecule has 3 aromatic rings. The van der Waals surface area contributed by atoms with Crippen LogP contribution in [0.5, 0.6) is 11.6 Å². The van der Waals surface area contributed by atoms with Crippen molar-refractivity contribution in [3.63, 3.8) is 0 Å². The molecule has 0 spiro atoms. The standard InChI is InChI=1S/C29H33N3O8/c1-18(2)26(32-29(38)40-16-20-11-7-4-8-12-20)28(37)31-22(14-25(34)35)23(33)17-39-24-15-30-27(36)21(24)13-19-9-5-3-6-10-19/h3-12,15,18,22,26,30,36H,13-14,16-17H2,1-2H3,(H,31,37)(H,32,38)(H,34,35)/t22-,26-/m0/s1. The van der Waals surface area contributed by atoms with E-state index < -0.39 is 54.8 Å². The lowest BCUT2D eigenvalue weighted by atomic mass is 10.0. The summed E-state index contributed by atoms with van der Waals surface area (Å²) in [6, 6.07) is 15.8. The predicted molar refractivity (Wildman–Crippen MR) is 145 cm³/mol.